The van der Waals surface area contributed by atoms with Crippen molar-refractivity contribution in [1.82, 2.24) is 9.55 Å². The van der Waals surface area contributed by atoms with Crippen LogP contribution < -0.4 is 11.1 Å². The number of hydrogen-bond acceptors (Lipinski definition) is 4. The Kier molecular flexibility index (Phi) is 2.59. The number of hydrogen-bond donors (Lipinski definition) is 2. The number of amides is 1. The molecule has 2 aromatic heterocycles. The van der Waals surface area contributed by atoms with Crippen molar-refractivity contribution in [2.75, 3.05) is 11.1 Å². The molecule has 3 N–H and O–H groups in total. The maximum absolute atomic E-state index is 12.2. The van der Waals surface area contributed by atoms with Gasteiger partial charge >= 0.3 is 0 Å². The van der Waals surface area contributed by atoms with Crippen LogP contribution in [0.15, 0.2) is 17.6 Å². The van der Waals surface area contributed by atoms with Gasteiger partial charge in [-0.1, -0.05) is 0 Å². The summed E-state index contributed by atoms with van der Waals surface area (Å²) in [7, 11) is 0. The van der Waals surface area contributed by atoms with Gasteiger partial charge in [-0.25, -0.2) is 4.98 Å². The molecule has 1 amide bonds. The van der Waals surface area contributed by atoms with Crippen molar-refractivity contribution in [3.8, 4) is 0 Å². The molecule has 0 atom stereocenters. The number of aryl methyl sites for hydroxylation is 1. The molecule has 0 aromatic carbocycles. The number of thiazole rings is 1. The minimum absolute atomic E-state index is 0.145. The van der Waals surface area contributed by atoms with Crippen LogP contribution >= 0.6 is 11.3 Å². The molecule has 2 aromatic rings. The Balaban J connectivity index is 1.83. The third-order valence-electron chi connectivity index (χ3n) is 2.88. The molecule has 0 aliphatic heterocycles. The maximum Gasteiger partial charge on any atom is 0.274 e. The summed E-state index contributed by atoms with van der Waals surface area (Å²) in [5, 5.41) is 5.34. The van der Waals surface area contributed by atoms with E-state index in [1.807, 2.05) is 23.1 Å². The van der Waals surface area contributed by atoms with E-state index < -0.39 is 0 Å². The number of anilines is 2. The summed E-state index contributed by atoms with van der Waals surface area (Å²) < 4.78 is 1.96. The van der Waals surface area contributed by atoms with Crippen molar-refractivity contribution >= 4 is 28.1 Å². The molecule has 6 heteroatoms. The van der Waals surface area contributed by atoms with Gasteiger partial charge in [0.05, 0.1) is 11.4 Å². The topological polar surface area (TPSA) is 72.9 Å². The molecule has 2 heterocycles. The average Bonchev–Trinajstić information content (AvgIpc) is 2.98. The normalized spacial score (nSPS) is 14.7. The molecule has 1 aliphatic rings. The number of aromatic nitrogens is 2. The van der Waals surface area contributed by atoms with E-state index in [0.717, 1.165) is 18.5 Å². The van der Waals surface area contributed by atoms with E-state index in [-0.39, 0.29) is 5.91 Å². The number of nitrogen functional groups attached to an aromatic ring is 1. The van der Waals surface area contributed by atoms with Crippen LogP contribution in [0.3, 0.4) is 0 Å². The van der Waals surface area contributed by atoms with Gasteiger partial charge in [0, 0.05) is 17.6 Å². The number of nitrogens with one attached hydrogen (secondary N) is 1. The van der Waals surface area contributed by atoms with Crippen molar-refractivity contribution < 1.29 is 4.79 Å². The first-order chi connectivity index (χ1) is 8.63. The Bertz CT molecular complexity index is 597. The Labute approximate surface area is 109 Å². The Morgan fingerprint density at radius 3 is 3.00 bits per heavy atom. The summed E-state index contributed by atoms with van der Waals surface area (Å²) in [6.45, 7) is 1.90. The van der Waals surface area contributed by atoms with Gasteiger partial charge in [0.25, 0.3) is 5.91 Å². The molecule has 0 spiro atoms. The lowest BCUT2D eigenvalue weighted by molar-refractivity contribution is 0.101. The van der Waals surface area contributed by atoms with Crippen LogP contribution in [0.4, 0.5) is 10.8 Å². The highest BCUT2D eigenvalue weighted by molar-refractivity contribution is 7.13. The zero-order valence-corrected chi connectivity index (χ0v) is 10.8. The van der Waals surface area contributed by atoms with Crippen molar-refractivity contribution in [1.29, 1.82) is 0 Å². The standard InChI is InChI=1S/C12H14N4OS/c1-7-6-18-12(14-7)15-11(17)10-4-8(13)5-16(10)9-2-3-9/h4-6,9H,2-3,13H2,1H3,(H,14,15,17). The lowest BCUT2D eigenvalue weighted by Crippen LogP contribution is -2.16. The number of nitrogens with two attached hydrogens (primary N) is 1. The van der Waals surface area contributed by atoms with Crippen LogP contribution in [-0.2, 0) is 0 Å². The van der Waals surface area contributed by atoms with Crippen LogP contribution in [-0.4, -0.2) is 15.5 Å². The van der Waals surface area contributed by atoms with Crippen molar-refractivity contribution in [3.05, 3.63) is 29.0 Å². The van der Waals surface area contributed by atoms with E-state index in [1.54, 1.807) is 6.07 Å². The molecule has 0 bridgehead atoms. The van der Waals surface area contributed by atoms with Gasteiger partial charge in [0.15, 0.2) is 5.13 Å². The summed E-state index contributed by atoms with van der Waals surface area (Å²) in [6, 6.07) is 2.15. The second-order valence-electron chi connectivity index (χ2n) is 4.55. The third kappa shape index (κ3) is 2.11. The molecule has 0 saturated heterocycles. The lowest BCUT2D eigenvalue weighted by Gasteiger charge is -2.06. The monoisotopic (exact) mass is 262 g/mol. The van der Waals surface area contributed by atoms with E-state index in [9.17, 15) is 4.79 Å². The van der Waals surface area contributed by atoms with E-state index in [4.69, 9.17) is 5.73 Å². The van der Waals surface area contributed by atoms with E-state index in [0.29, 0.717) is 22.6 Å². The number of carbonyl (C=O) groups is 1. The Morgan fingerprint density at radius 1 is 1.61 bits per heavy atom. The molecule has 3 rings (SSSR count). The predicted octanol–water partition coefficient (Wildman–Crippen LogP) is 2.42. The molecule has 18 heavy (non-hydrogen) atoms. The van der Waals surface area contributed by atoms with Crippen LogP contribution in [0, 0.1) is 6.92 Å². The summed E-state index contributed by atoms with van der Waals surface area (Å²) in [6.07, 6.45) is 4.06. The van der Waals surface area contributed by atoms with Crippen LogP contribution in [0.2, 0.25) is 0 Å². The molecule has 1 fully saturated rings. The summed E-state index contributed by atoms with van der Waals surface area (Å²) in [5.41, 5.74) is 7.92. The quantitative estimate of drug-likeness (QED) is 0.892. The third-order valence-corrected chi connectivity index (χ3v) is 3.76. The number of rotatable bonds is 3. The summed E-state index contributed by atoms with van der Waals surface area (Å²) in [4.78, 5) is 16.4. The first kappa shape index (κ1) is 11.3. The second-order valence-corrected chi connectivity index (χ2v) is 5.40. The number of nitrogens with zero attached hydrogens (tertiary/aromatic N) is 2. The Hall–Kier alpha value is -1.82. The van der Waals surface area contributed by atoms with Crippen LogP contribution in [0.25, 0.3) is 0 Å². The fourth-order valence-electron chi connectivity index (χ4n) is 1.91. The lowest BCUT2D eigenvalue weighted by atomic mass is 10.4. The van der Waals surface area contributed by atoms with Gasteiger partial charge in [0.1, 0.15) is 5.69 Å². The SMILES string of the molecule is Cc1csc(NC(=O)c2cc(N)cn2C2CC2)n1. The molecule has 1 saturated carbocycles. The van der Waals surface area contributed by atoms with E-state index in [1.165, 1.54) is 11.3 Å². The van der Waals surface area contributed by atoms with Gasteiger partial charge in [-0.3, -0.25) is 10.1 Å². The summed E-state index contributed by atoms with van der Waals surface area (Å²) in [5.74, 6) is -0.145. The molecule has 5 nitrogen and oxygen atoms in total. The van der Waals surface area contributed by atoms with Crippen molar-refractivity contribution in [2.45, 2.75) is 25.8 Å². The highest BCUT2D eigenvalue weighted by atomic mass is 32.1. The zero-order valence-electron chi connectivity index (χ0n) is 10.0. The van der Waals surface area contributed by atoms with Gasteiger partial charge in [-0.2, -0.15) is 0 Å². The van der Waals surface area contributed by atoms with Crippen molar-refractivity contribution in [2.24, 2.45) is 0 Å². The van der Waals surface area contributed by atoms with Crippen molar-refractivity contribution in [3.63, 3.8) is 0 Å². The first-order valence-electron chi connectivity index (χ1n) is 5.84. The van der Waals surface area contributed by atoms with Crippen LogP contribution in [0.5, 0.6) is 0 Å². The highest BCUT2D eigenvalue weighted by Crippen LogP contribution is 2.37. The minimum atomic E-state index is -0.145. The Morgan fingerprint density at radius 2 is 2.39 bits per heavy atom. The molecule has 1 aliphatic carbocycles. The van der Waals surface area contributed by atoms with Gasteiger partial charge < -0.3 is 10.3 Å². The second kappa shape index (κ2) is 4.13. The fraction of sp³-hybridized carbons (Fsp3) is 0.333. The van der Waals surface area contributed by atoms with E-state index in [2.05, 4.69) is 10.3 Å². The van der Waals surface area contributed by atoms with E-state index >= 15 is 0 Å². The van der Waals surface area contributed by atoms with Crippen LogP contribution in [0.1, 0.15) is 35.1 Å². The molecular formula is C12H14N4OS. The fourth-order valence-corrected chi connectivity index (χ4v) is 2.59. The molecule has 0 unspecified atom stereocenters. The molecule has 0 radical (unpaired) electrons. The first-order valence-corrected chi connectivity index (χ1v) is 6.72. The predicted molar refractivity (Wildman–Crippen MR) is 71.9 cm³/mol. The zero-order chi connectivity index (χ0) is 12.7. The molecule has 94 valence electrons. The highest BCUT2D eigenvalue weighted by Gasteiger charge is 2.27. The minimum Gasteiger partial charge on any atom is -0.397 e. The van der Waals surface area contributed by atoms with Gasteiger partial charge in [-0.15, -0.1) is 11.3 Å². The smallest absolute Gasteiger partial charge is 0.274 e. The van der Waals surface area contributed by atoms with Gasteiger partial charge in [-0.05, 0) is 25.8 Å². The maximum atomic E-state index is 12.2. The number of carbonyl (C=O) groups excluding carboxylic acids is 1. The molecular weight excluding hydrogens is 248 g/mol. The van der Waals surface area contributed by atoms with Gasteiger partial charge in [0.2, 0.25) is 0 Å². The largest absolute Gasteiger partial charge is 0.397 e. The average molecular weight is 262 g/mol. The summed E-state index contributed by atoms with van der Waals surface area (Å²) >= 11 is 1.43.